The van der Waals surface area contributed by atoms with Gasteiger partial charge in [-0.2, -0.15) is 0 Å². The lowest BCUT2D eigenvalue weighted by Gasteiger charge is -2.02. The Balaban J connectivity index is 1.79. The van der Waals surface area contributed by atoms with Crippen molar-refractivity contribution >= 4 is 53.0 Å². The van der Waals surface area contributed by atoms with E-state index in [1.54, 1.807) is 0 Å². The van der Waals surface area contributed by atoms with Gasteiger partial charge in [0.15, 0.2) is 0 Å². The molecule has 0 amide bonds. The molecular weight excluding hydrogens is 424 g/mol. The van der Waals surface area contributed by atoms with Crippen molar-refractivity contribution < 1.29 is 0 Å². The first-order valence-electron chi connectivity index (χ1n) is 7.68. The van der Waals surface area contributed by atoms with E-state index >= 15 is 0 Å². The van der Waals surface area contributed by atoms with Gasteiger partial charge in [-0.1, -0.05) is 117 Å². The van der Waals surface area contributed by atoms with Crippen molar-refractivity contribution in [1.82, 2.24) is 0 Å². The molecule has 0 aliphatic carbocycles. The van der Waals surface area contributed by atoms with Crippen molar-refractivity contribution in [2.24, 2.45) is 0 Å². The Morgan fingerprint density at radius 2 is 0.833 bits per heavy atom. The van der Waals surface area contributed by atoms with Crippen LogP contribution in [0.1, 0.15) is 22.3 Å². The standard InChI is InChI=1S/C22H16Br2/c23-21(19-7-3-1-4-8-19)15-17-11-13-18(14-12-17)16-22(24)20-9-5-2-6-10-20/h1-16H. The molecule has 0 radical (unpaired) electrons. The SMILES string of the molecule is BrC(=Cc1ccc(C=C(Br)c2ccccc2)cc1)c1ccccc1. The third-order valence-corrected chi connectivity index (χ3v) is 5.00. The van der Waals surface area contributed by atoms with E-state index in [0.717, 1.165) is 8.96 Å². The summed E-state index contributed by atoms with van der Waals surface area (Å²) in [5, 5.41) is 0. The summed E-state index contributed by atoms with van der Waals surface area (Å²) in [7, 11) is 0. The number of hydrogen-bond acceptors (Lipinski definition) is 0. The van der Waals surface area contributed by atoms with Gasteiger partial charge in [0.25, 0.3) is 0 Å². The first-order valence-corrected chi connectivity index (χ1v) is 9.26. The van der Waals surface area contributed by atoms with Gasteiger partial charge in [-0.25, -0.2) is 0 Å². The van der Waals surface area contributed by atoms with E-state index in [1.807, 2.05) is 36.4 Å². The lowest BCUT2D eigenvalue weighted by atomic mass is 10.1. The molecule has 118 valence electrons. The Hall–Kier alpha value is -1.90. The van der Waals surface area contributed by atoms with Crippen LogP contribution in [0.15, 0.2) is 84.9 Å². The maximum Gasteiger partial charge on any atom is 0.0253 e. The molecule has 0 N–H and O–H groups in total. The minimum atomic E-state index is 1.08. The van der Waals surface area contributed by atoms with Crippen LogP contribution >= 0.6 is 31.9 Å². The predicted molar refractivity (Wildman–Crippen MR) is 113 cm³/mol. The average Bonchev–Trinajstić information content (AvgIpc) is 2.65. The molecule has 0 heterocycles. The van der Waals surface area contributed by atoms with Gasteiger partial charge in [0.05, 0.1) is 0 Å². The fourth-order valence-electron chi connectivity index (χ4n) is 2.34. The quantitative estimate of drug-likeness (QED) is 0.369. The van der Waals surface area contributed by atoms with Gasteiger partial charge in [0.1, 0.15) is 0 Å². The molecule has 24 heavy (non-hydrogen) atoms. The monoisotopic (exact) mass is 438 g/mol. The van der Waals surface area contributed by atoms with E-state index in [-0.39, 0.29) is 0 Å². The molecule has 3 rings (SSSR count). The van der Waals surface area contributed by atoms with E-state index in [1.165, 1.54) is 22.3 Å². The van der Waals surface area contributed by atoms with Gasteiger partial charge in [-0.15, -0.1) is 0 Å². The van der Waals surface area contributed by atoms with Crippen LogP contribution in [0, 0.1) is 0 Å². The first-order chi connectivity index (χ1) is 11.7. The largest absolute Gasteiger partial charge is 0.0622 e. The number of hydrogen-bond donors (Lipinski definition) is 0. The van der Waals surface area contributed by atoms with Crippen LogP contribution in [0.4, 0.5) is 0 Å². The minimum absolute atomic E-state index is 1.08. The molecule has 2 heteroatoms. The molecule has 0 aliphatic rings. The smallest absolute Gasteiger partial charge is 0.0253 e. The summed E-state index contributed by atoms with van der Waals surface area (Å²) in [6.07, 6.45) is 4.27. The van der Waals surface area contributed by atoms with Crippen LogP contribution in [-0.2, 0) is 0 Å². The zero-order valence-corrected chi connectivity index (χ0v) is 16.2. The number of benzene rings is 3. The number of halogens is 2. The Bertz CT molecular complexity index is 771. The fourth-order valence-corrected chi connectivity index (χ4v) is 3.40. The lowest BCUT2D eigenvalue weighted by Crippen LogP contribution is -1.79. The summed E-state index contributed by atoms with van der Waals surface area (Å²) in [5.41, 5.74) is 4.68. The van der Waals surface area contributed by atoms with E-state index < -0.39 is 0 Å². The summed E-state index contributed by atoms with van der Waals surface area (Å²) in [6.45, 7) is 0. The van der Waals surface area contributed by atoms with E-state index in [2.05, 4.69) is 92.5 Å². The van der Waals surface area contributed by atoms with Crippen LogP contribution in [0.5, 0.6) is 0 Å². The van der Waals surface area contributed by atoms with Gasteiger partial charge in [-0.05, 0) is 34.4 Å². The van der Waals surface area contributed by atoms with Crippen molar-refractivity contribution in [2.45, 2.75) is 0 Å². The van der Waals surface area contributed by atoms with Gasteiger partial charge in [-0.3, -0.25) is 0 Å². The van der Waals surface area contributed by atoms with Crippen LogP contribution in [0.25, 0.3) is 21.1 Å². The fraction of sp³-hybridized carbons (Fsp3) is 0. The summed E-state index contributed by atoms with van der Waals surface area (Å²) < 4.78 is 2.16. The van der Waals surface area contributed by atoms with Crippen LogP contribution in [-0.4, -0.2) is 0 Å². The second-order valence-electron chi connectivity index (χ2n) is 5.38. The molecule has 3 aromatic rings. The van der Waals surface area contributed by atoms with Crippen LogP contribution < -0.4 is 0 Å². The number of rotatable bonds is 4. The van der Waals surface area contributed by atoms with E-state index in [9.17, 15) is 0 Å². The Morgan fingerprint density at radius 1 is 0.500 bits per heavy atom. The topological polar surface area (TPSA) is 0 Å². The highest BCUT2D eigenvalue weighted by Crippen LogP contribution is 2.26. The molecule has 0 nitrogen and oxygen atoms in total. The van der Waals surface area contributed by atoms with Crippen molar-refractivity contribution in [2.75, 3.05) is 0 Å². The van der Waals surface area contributed by atoms with Gasteiger partial charge in [0, 0.05) is 8.96 Å². The minimum Gasteiger partial charge on any atom is -0.0622 e. The molecule has 0 fully saturated rings. The maximum absolute atomic E-state index is 3.65. The Kier molecular flexibility index (Phi) is 5.84. The molecule has 0 aliphatic heterocycles. The molecule has 0 atom stereocenters. The Morgan fingerprint density at radius 3 is 1.17 bits per heavy atom. The average molecular weight is 440 g/mol. The molecule has 0 unspecified atom stereocenters. The summed E-state index contributed by atoms with van der Waals surface area (Å²) in [5.74, 6) is 0. The maximum atomic E-state index is 3.65. The Labute approximate surface area is 159 Å². The second kappa shape index (κ2) is 8.27. The lowest BCUT2D eigenvalue weighted by molar-refractivity contribution is 1.61. The van der Waals surface area contributed by atoms with Crippen molar-refractivity contribution in [3.05, 3.63) is 107 Å². The molecule has 0 saturated heterocycles. The third kappa shape index (κ3) is 4.56. The van der Waals surface area contributed by atoms with E-state index in [0.29, 0.717) is 0 Å². The van der Waals surface area contributed by atoms with Crippen LogP contribution in [0.2, 0.25) is 0 Å². The highest BCUT2D eigenvalue weighted by Gasteiger charge is 1.99. The second-order valence-corrected chi connectivity index (χ2v) is 7.09. The van der Waals surface area contributed by atoms with Gasteiger partial charge in [0.2, 0.25) is 0 Å². The predicted octanol–water partition coefficient (Wildman–Crippen LogP) is 7.47. The molecule has 3 aromatic carbocycles. The van der Waals surface area contributed by atoms with E-state index in [4.69, 9.17) is 0 Å². The molecular formula is C22H16Br2. The normalized spacial score (nSPS) is 12.2. The molecule has 0 aromatic heterocycles. The highest BCUT2D eigenvalue weighted by molar-refractivity contribution is 9.15. The van der Waals surface area contributed by atoms with Gasteiger partial charge < -0.3 is 0 Å². The highest BCUT2D eigenvalue weighted by atomic mass is 79.9. The van der Waals surface area contributed by atoms with Crippen molar-refractivity contribution in [3.8, 4) is 0 Å². The van der Waals surface area contributed by atoms with Crippen molar-refractivity contribution in [1.29, 1.82) is 0 Å². The van der Waals surface area contributed by atoms with Crippen molar-refractivity contribution in [3.63, 3.8) is 0 Å². The first kappa shape index (κ1) is 16.9. The van der Waals surface area contributed by atoms with Crippen LogP contribution in [0.3, 0.4) is 0 Å². The van der Waals surface area contributed by atoms with Gasteiger partial charge >= 0.3 is 0 Å². The zero-order valence-electron chi connectivity index (χ0n) is 13.0. The molecule has 0 spiro atoms. The summed E-state index contributed by atoms with van der Waals surface area (Å²) in [6, 6.07) is 29.1. The molecule has 0 saturated carbocycles. The summed E-state index contributed by atoms with van der Waals surface area (Å²) >= 11 is 7.31. The third-order valence-electron chi connectivity index (χ3n) is 3.62. The summed E-state index contributed by atoms with van der Waals surface area (Å²) in [4.78, 5) is 0. The molecule has 0 bridgehead atoms. The zero-order chi connectivity index (χ0) is 16.8.